The van der Waals surface area contributed by atoms with Gasteiger partial charge in [0.05, 0.1) is 5.69 Å². The van der Waals surface area contributed by atoms with Crippen LogP contribution in [0.1, 0.15) is 5.56 Å². The first-order valence-corrected chi connectivity index (χ1v) is 7.22. The van der Waals surface area contributed by atoms with E-state index in [1.165, 1.54) is 12.1 Å². The fourth-order valence-corrected chi connectivity index (χ4v) is 2.56. The van der Waals surface area contributed by atoms with Gasteiger partial charge in [-0.1, -0.05) is 29.8 Å². The maximum atomic E-state index is 12.1. The van der Waals surface area contributed by atoms with Gasteiger partial charge in [-0.25, -0.2) is 0 Å². The van der Waals surface area contributed by atoms with Crippen molar-refractivity contribution >= 4 is 15.8 Å². The molecule has 4 nitrogen and oxygen atoms in total. The van der Waals surface area contributed by atoms with Crippen molar-refractivity contribution in [1.82, 2.24) is 0 Å². The molecule has 0 aliphatic carbocycles. The first-order valence-electron chi connectivity index (χ1n) is 5.81. The van der Waals surface area contributed by atoms with Crippen LogP contribution in [0.2, 0.25) is 0 Å². The number of hydrogen-bond acceptors (Lipinski definition) is 4. The van der Waals surface area contributed by atoms with Crippen molar-refractivity contribution in [2.24, 2.45) is 0 Å². The van der Waals surface area contributed by atoms with Gasteiger partial charge in [-0.15, -0.1) is 0 Å². The van der Waals surface area contributed by atoms with E-state index in [-0.39, 0.29) is 10.6 Å². The lowest BCUT2D eigenvalue weighted by Gasteiger charge is -2.11. The molecule has 0 amide bonds. The average molecular weight is 277 g/mol. The van der Waals surface area contributed by atoms with Gasteiger partial charge in [0, 0.05) is 7.05 Å². The number of benzene rings is 2. The molecule has 0 saturated heterocycles. The molecule has 100 valence electrons. The number of para-hydroxylation sites is 2. The van der Waals surface area contributed by atoms with E-state index in [2.05, 4.69) is 5.32 Å². The van der Waals surface area contributed by atoms with Gasteiger partial charge in [0.25, 0.3) is 0 Å². The molecule has 0 aromatic heterocycles. The molecule has 2 aromatic rings. The van der Waals surface area contributed by atoms with Gasteiger partial charge in [-0.3, -0.25) is 0 Å². The lowest BCUT2D eigenvalue weighted by molar-refractivity contribution is 0.487. The fourth-order valence-electron chi connectivity index (χ4n) is 1.62. The summed E-state index contributed by atoms with van der Waals surface area (Å²) in [5.41, 5.74) is 1.62. The summed E-state index contributed by atoms with van der Waals surface area (Å²) >= 11 is 0. The Kier molecular flexibility index (Phi) is 3.76. The average Bonchev–Trinajstić information content (AvgIpc) is 2.39. The summed E-state index contributed by atoms with van der Waals surface area (Å²) in [4.78, 5) is 0.143. The quantitative estimate of drug-likeness (QED) is 0.873. The Labute approximate surface area is 113 Å². The Bertz CT molecular complexity index is 663. The molecule has 0 heterocycles. The third-order valence-corrected chi connectivity index (χ3v) is 3.91. The molecule has 0 aliphatic rings. The lowest BCUT2D eigenvalue weighted by atomic mass is 10.2. The lowest BCUT2D eigenvalue weighted by Crippen LogP contribution is -2.10. The second-order valence-electron chi connectivity index (χ2n) is 4.10. The zero-order chi connectivity index (χ0) is 13.9. The van der Waals surface area contributed by atoms with E-state index < -0.39 is 10.1 Å². The van der Waals surface area contributed by atoms with Crippen molar-refractivity contribution in [2.45, 2.75) is 11.8 Å². The van der Waals surface area contributed by atoms with Crippen LogP contribution in [0.15, 0.2) is 53.4 Å². The van der Waals surface area contributed by atoms with Crippen molar-refractivity contribution < 1.29 is 12.6 Å². The summed E-state index contributed by atoms with van der Waals surface area (Å²) in [5, 5.41) is 2.89. The van der Waals surface area contributed by atoms with E-state index in [4.69, 9.17) is 4.18 Å². The zero-order valence-electron chi connectivity index (χ0n) is 10.8. The third-order valence-electron chi connectivity index (χ3n) is 2.67. The van der Waals surface area contributed by atoms with Crippen molar-refractivity contribution in [3.8, 4) is 5.75 Å². The van der Waals surface area contributed by atoms with Crippen LogP contribution in [0, 0.1) is 6.92 Å². The molecule has 0 bridgehead atoms. The van der Waals surface area contributed by atoms with Crippen molar-refractivity contribution in [2.75, 3.05) is 12.4 Å². The summed E-state index contributed by atoms with van der Waals surface area (Å²) in [5.74, 6) is 0.283. The molecule has 0 unspecified atom stereocenters. The number of aryl methyl sites for hydroxylation is 1. The van der Waals surface area contributed by atoms with E-state index >= 15 is 0 Å². The zero-order valence-corrected chi connectivity index (χ0v) is 11.6. The van der Waals surface area contributed by atoms with Crippen LogP contribution < -0.4 is 9.50 Å². The van der Waals surface area contributed by atoms with Gasteiger partial charge in [0.1, 0.15) is 4.90 Å². The number of rotatable bonds is 4. The highest BCUT2D eigenvalue weighted by molar-refractivity contribution is 7.87. The van der Waals surface area contributed by atoms with E-state index in [0.29, 0.717) is 5.69 Å². The van der Waals surface area contributed by atoms with Crippen molar-refractivity contribution in [3.63, 3.8) is 0 Å². The standard InChI is InChI=1S/C14H15NO3S/c1-11-7-9-12(10-8-11)19(16,17)18-14-6-4-3-5-13(14)15-2/h3-10,15H,1-2H3. The molecule has 0 fully saturated rings. The SMILES string of the molecule is CNc1ccccc1OS(=O)(=O)c1ccc(C)cc1. The third kappa shape index (κ3) is 3.06. The van der Waals surface area contributed by atoms with Crippen LogP contribution >= 0.6 is 0 Å². The molecular weight excluding hydrogens is 262 g/mol. The molecule has 2 rings (SSSR count). The predicted molar refractivity (Wildman–Crippen MR) is 75.0 cm³/mol. The number of hydrogen-bond donors (Lipinski definition) is 1. The van der Waals surface area contributed by atoms with Crippen molar-refractivity contribution in [1.29, 1.82) is 0 Å². The summed E-state index contributed by atoms with van der Waals surface area (Å²) in [6, 6.07) is 13.4. The molecule has 19 heavy (non-hydrogen) atoms. The molecule has 5 heteroatoms. The Balaban J connectivity index is 2.34. The topological polar surface area (TPSA) is 55.4 Å². The largest absolute Gasteiger partial charge is 0.385 e. The van der Waals surface area contributed by atoms with Crippen LogP contribution in [-0.2, 0) is 10.1 Å². The number of anilines is 1. The number of nitrogens with one attached hydrogen (secondary N) is 1. The van der Waals surface area contributed by atoms with Crippen molar-refractivity contribution in [3.05, 3.63) is 54.1 Å². The van der Waals surface area contributed by atoms with E-state index in [0.717, 1.165) is 5.56 Å². The first-order chi connectivity index (χ1) is 9.03. The fraction of sp³-hybridized carbons (Fsp3) is 0.143. The monoisotopic (exact) mass is 277 g/mol. The maximum absolute atomic E-state index is 12.1. The van der Waals surface area contributed by atoms with E-state index in [1.54, 1.807) is 43.4 Å². The minimum atomic E-state index is -3.80. The summed E-state index contributed by atoms with van der Waals surface area (Å²) < 4.78 is 29.4. The minimum absolute atomic E-state index is 0.143. The molecular formula is C14H15NO3S. The minimum Gasteiger partial charge on any atom is -0.385 e. The van der Waals surface area contributed by atoms with Crippen LogP contribution in [0.4, 0.5) is 5.69 Å². The predicted octanol–water partition coefficient (Wildman–Crippen LogP) is 2.80. The summed E-state index contributed by atoms with van der Waals surface area (Å²) in [7, 11) is -2.09. The highest BCUT2D eigenvalue weighted by atomic mass is 32.2. The molecule has 0 radical (unpaired) electrons. The van der Waals surface area contributed by atoms with E-state index in [1.807, 2.05) is 6.92 Å². The van der Waals surface area contributed by atoms with Gasteiger partial charge < -0.3 is 9.50 Å². The van der Waals surface area contributed by atoms with E-state index in [9.17, 15) is 8.42 Å². The first kappa shape index (κ1) is 13.4. The van der Waals surface area contributed by atoms with Gasteiger partial charge in [0.2, 0.25) is 0 Å². The van der Waals surface area contributed by atoms with Crippen LogP contribution in [0.3, 0.4) is 0 Å². The summed E-state index contributed by atoms with van der Waals surface area (Å²) in [6.07, 6.45) is 0. The van der Waals surface area contributed by atoms with Gasteiger partial charge >= 0.3 is 10.1 Å². The summed E-state index contributed by atoms with van der Waals surface area (Å²) in [6.45, 7) is 1.90. The molecule has 0 spiro atoms. The van der Waals surface area contributed by atoms with Gasteiger partial charge in [0.15, 0.2) is 5.75 Å². The highest BCUT2D eigenvalue weighted by Crippen LogP contribution is 2.26. The second kappa shape index (κ2) is 5.32. The molecule has 0 aliphatic heterocycles. The van der Waals surface area contributed by atoms with Crippen LogP contribution in [0.25, 0.3) is 0 Å². The molecule has 1 N–H and O–H groups in total. The second-order valence-corrected chi connectivity index (χ2v) is 5.64. The Morgan fingerprint density at radius 2 is 1.63 bits per heavy atom. The highest BCUT2D eigenvalue weighted by Gasteiger charge is 2.17. The molecule has 2 aromatic carbocycles. The maximum Gasteiger partial charge on any atom is 0.339 e. The Hall–Kier alpha value is -2.01. The molecule has 0 saturated carbocycles. The van der Waals surface area contributed by atoms with Crippen LogP contribution in [-0.4, -0.2) is 15.5 Å². The van der Waals surface area contributed by atoms with Crippen LogP contribution in [0.5, 0.6) is 5.75 Å². The Morgan fingerprint density at radius 1 is 1.00 bits per heavy atom. The van der Waals surface area contributed by atoms with Gasteiger partial charge in [-0.2, -0.15) is 8.42 Å². The Morgan fingerprint density at radius 3 is 2.26 bits per heavy atom. The normalized spacial score (nSPS) is 11.1. The molecule has 0 atom stereocenters. The van der Waals surface area contributed by atoms with Gasteiger partial charge in [-0.05, 0) is 31.2 Å². The smallest absolute Gasteiger partial charge is 0.339 e.